The highest BCUT2D eigenvalue weighted by molar-refractivity contribution is 5.89. The van der Waals surface area contributed by atoms with E-state index < -0.39 is 5.60 Å². The Kier molecular flexibility index (Phi) is 4.57. The average molecular weight is 328 g/mol. The van der Waals surface area contributed by atoms with E-state index in [2.05, 4.69) is 15.7 Å². The van der Waals surface area contributed by atoms with E-state index in [0.29, 0.717) is 13.1 Å². The predicted octanol–water partition coefficient (Wildman–Crippen LogP) is 2.58. The molecule has 0 unspecified atom stereocenters. The molecule has 2 aromatic rings. The number of nitrogens with one attached hydrogen (secondary N) is 2. The van der Waals surface area contributed by atoms with Crippen LogP contribution in [-0.2, 0) is 6.54 Å². The zero-order valence-corrected chi connectivity index (χ0v) is 14.2. The number of nitrogens with zero attached hydrogens (tertiary/aromatic N) is 2. The fourth-order valence-electron chi connectivity index (χ4n) is 2.94. The van der Waals surface area contributed by atoms with Crippen molar-refractivity contribution in [2.24, 2.45) is 0 Å². The highest BCUT2D eigenvalue weighted by Gasteiger charge is 2.34. The SMILES string of the molecule is Cc1cc(C)n(Cc2cccc(NC(=O)NCC3(O)CCC3)c2)n1. The lowest BCUT2D eigenvalue weighted by molar-refractivity contribution is -0.0287. The molecule has 1 aromatic carbocycles. The minimum absolute atomic E-state index is 0.293. The molecule has 1 heterocycles. The molecule has 2 amide bonds. The number of aromatic nitrogens is 2. The first-order valence-electron chi connectivity index (χ1n) is 8.31. The summed E-state index contributed by atoms with van der Waals surface area (Å²) in [5.74, 6) is 0. The summed E-state index contributed by atoms with van der Waals surface area (Å²) in [6, 6.07) is 9.46. The van der Waals surface area contributed by atoms with Gasteiger partial charge in [-0.3, -0.25) is 4.68 Å². The number of hydrogen-bond acceptors (Lipinski definition) is 3. The Labute approximate surface area is 141 Å². The number of rotatable bonds is 5. The van der Waals surface area contributed by atoms with E-state index in [1.807, 2.05) is 48.9 Å². The van der Waals surface area contributed by atoms with E-state index >= 15 is 0 Å². The molecule has 1 aliphatic carbocycles. The van der Waals surface area contributed by atoms with Gasteiger partial charge in [0, 0.05) is 17.9 Å². The van der Waals surface area contributed by atoms with Gasteiger partial charge in [-0.1, -0.05) is 12.1 Å². The molecule has 1 aliphatic rings. The molecule has 24 heavy (non-hydrogen) atoms. The first-order chi connectivity index (χ1) is 11.4. The molecule has 6 nitrogen and oxygen atoms in total. The highest BCUT2D eigenvalue weighted by Crippen LogP contribution is 2.30. The van der Waals surface area contributed by atoms with Gasteiger partial charge in [-0.2, -0.15) is 5.10 Å². The molecular formula is C18H24N4O2. The third-order valence-electron chi connectivity index (χ3n) is 4.48. The molecule has 6 heteroatoms. The number of aryl methyl sites for hydroxylation is 2. The Morgan fingerprint density at radius 1 is 1.33 bits per heavy atom. The topological polar surface area (TPSA) is 79.2 Å². The van der Waals surface area contributed by atoms with Gasteiger partial charge in [0.25, 0.3) is 0 Å². The van der Waals surface area contributed by atoms with Crippen molar-refractivity contribution in [2.45, 2.75) is 45.3 Å². The number of carbonyl (C=O) groups is 1. The van der Waals surface area contributed by atoms with Crippen LogP contribution in [0.5, 0.6) is 0 Å². The summed E-state index contributed by atoms with van der Waals surface area (Å²) in [5, 5.41) is 20.0. The Balaban J connectivity index is 1.58. The summed E-state index contributed by atoms with van der Waals surface area (Å²) >= 11 is 0. The quantitative estimate of drug-likeness (QED) is 0.789. The zero-order chi connectivity index (χ0) is 17.2. The van der Waals surface area contributed by atoms with E-state index in [-0.39, 0.29) is 6.03 Å². The average Bonchev–Trinajstić information content (AvgIpc) is 2.81. The maximum Gasteiger partial charge on any atom is 0.319 e. The van der Waals surface area contributed by atoms with Crippen LogP contribution < -0.4 is 10.6 Å². The second kappa shape index (κ2) is 6.65. The first-order valence-corrected chi connectivity index (χ1v) is 8.31. The third kappa shape index (κ3) is 3.94. The number of aliphatic hydroxyl groups is 1. The summed E-state index contributed by atoms with van der Waals surface area (Å²) in [6.45, 7) is 4.96. The molecule has 0 radical (unpaired) electrons. The molecule has 1 aromatic heterocycles. The second-order valence-electron chi connectivity index (χ2n) is 6.67. The van der Waals surface area contributed by atoms with Crippen LogP contribution >= 0.6 is 0 Å². The molecular weight excluding hydrogens is 304 g/mol. The largest absolute Gasteiger partial charge is 0.388 e. The van der Waals surface area contributed by atoms with Crippen molar-refractivity contribution >= 4 is 11.7 Å². The fraction of sp³-hybridized carbons (Fsp3) is 0.444. The molecule has 1 saturated carbocycles. The molecule has 1 fully saturated rings. The summed E-state index contributed by atoms with van der Waals surface area (Å²) in [5.41, 5.74) is 3.19. The number of hydrogen-bond donors (Lipinski definition) is 3. The lowest BCUT2D eigenvalue weighted by atomic mass is 9.80. The summed E-state index contributed by atoms with van der Waals surface area (Å²) < 4.78 is 1.95. The van der Waals surface area contributed by atoms with Crippen LogP contribution in [0.3, 0.4) is 0 Å². The van der Waals surface area contributed by atoms with Crippen molar-refractivity contribution in [3.8, 4) is 0 Å². The molecule has 0 saturated heterocycles. The predicted molar refractivity (Wildman–Crippen MR) is 93.1 cm³/mol. The Bertz CT molecular complexity index is 734. The number of benzene rings is 1. The monoisotopic (exact) mass is 328 g/mol. The van der Waals surface area contributed by atoms with Crippen LogP contribution in [0.2, 0.25) is 0 Å². The minimum Gasteiger partial charge on any atom is -0.388 e. The lowest BCUT2D eigenvalue weighted by Crippen LogP contribution is -2.48. The van der Waals surface area contributed by atoms with Crippen molar-refractivity contribution < 1.29 is 9.90 Å². The third-order valence-corrected chi connectivity index (χ3v) is 4.48. The molecule has 0 aliphatic heterocycles. The van der Waals surface area contributed by atoms with Gasteiger partial charge in [0.1, 0.15) is 0 Å². The normalized spacial score (nSPS) is 15.6. The van der Waals surface area contributed by atoms with Crippen LogP contribution in [0.1, 0.15) is 36.2 Å². The number of carbonyl (C=O) groups excluding carboxylic acids is 1. The summed E-state index contributed by atoms with van der Waals surface area (Å²) in [4.78, 5) is 12.0. The van der Waals surface area contributed by atoms with Gasteiger partial charge in [-0.25, -0.2) is 4.79 Å². The van der Waals surface area contributed by atoms with Crippen LogP contribution in [0, 0.1) is 13.8 Å². The lowest BCUT2D eigenvalue weighted by Gasteiger charge is -2.36. The van der Waals surface area contributed by atoms with Crippen LogP contribution in [0.4, 0.5) is 10.5 Å². The van der Waals surface area contributed by atoms with Crippen LogP contribution in [0.25, 0.3) is 0 Å². The van der Waals surface area contributed by atoms with E-state index in [1.54, 1.807) is 0 Å². The van der Waals surface area contributed by atoms with E-state index in [0.717, 1.165) is 41.9 Å². The van der Waals surface area contributed by atoms with E-state index in [9.17, 15) is 9.90 Å². The molecule has 0 spiro atoms. The minimum atomic E-state index is -0.714. The summed E-state index contributed by atoms with van der Waals surface area (Å²) in [6.07, 6.45) is 2.53. The number of urea groups is 1. The standard InChI is InChI=1S/C18H24N4O2/c1-13-9-14(2)22(21-13)11-15-5-3-6-16(10-15)20-17(23)19-12-18(24)7-4-8-18/h3,5-6,9-10,24H,4,7-8,11-12H2,1-2H3,(H2,19,20,23). The maximum atomic E-state index is 12.0. The Hall–Kier alpha value is -2.34. The zero-order valence-electron chi connectivity index (χ0n) is 14.2. The van der Waals surface area contributed by atoms with Gasteiger partial charge < -0.3 is 15.7 Å². The smallest absolute Gasteiger partial charge is 0.319 e. The molecule has 0 bridgehead atoms. The van der Waals surface area contributed by atoms with Crippen LogP contribution in [-0.4, -0.2) is 33.1 Å². The van der Waals surface area contributed by atoms with Gasteiger partial charge in [0.15, 0.2) is 0 Å². The van der Waals surface area contributed by atoms with Crippen LogP contribution in [0.15, 0.2) is 30.3 Å². The van der Waals surface area contributed by atoms with Gasteiger partial charge in [-0.05, 0) is 56.9 Å². The maximum absolute atomic E-state index is 12.0. The molecule has 3 N–H and O–H groups in total. The van der Waals surface area contributed by atoms with Crippen molar-refractivity contribution in [3.63, 3.8) is 0 Å². The Morgan fingerprint density at radius 2 is 2.12 bits per heavy atom. The van der Waals surface area contributed by atoms with Gasteiger partial charge in [0.05, 0.1) is 17.8 Å². The summed E-state index contributed by atoms with van der Waals surface area (Å²) in [7, 11) is 0. The fourth-order valence-corrected chi connectivity index (χ4v) is 2.94. The second-order valence-corrected chi connectivity index (χ2v) is 6.67. The molecule has 0 atom stereocenters. The van der Waals surface area contributed by atoms with Gasteiger partial charge >= 0.3 is 6.03 Å². The highest BCUT2D eigenvalue weighted by atomic mass is 16.3. The number of amides is 2. The van der Waals surface area contributed by atoms with Crippen molar-refractivity contribution in [1.29, 1.82) is 0 Å². The van der Waals surface area contributed by atoms with Gasteiger partial charge in [-0.15, -0.1) is 0 Å². The van der Waals surface area contributed by atoms with E-state index in [4.69, 9.17) is 0 Å². The van der Waals surface area contributed by atoms with E-state index in [1.165, 1.54) is 0 Å². The molecule has 3 rings (SSSR count). The van der Waals surface area contributed by atoms with Crippen molar-refractivity contribution in [3.05, 3.63) is 47.3 Å². The number of anilines is 1. The van der Waals surface area contributed by atoms with Gasteiger partial charge in [0.2, 0.25) is 0 Å². The van der Waals surface area contributed by atoms with Crippen molar-refractivity contribution in [1.82, 2.24) is 15.1 Å². The first kappa shape index (κ1) is 16.5. The Morgan fingerprint density at radius 3 is 2.75 bits per heavy atom. The molecule has 128 valence electrons. The van der Waals surface area contributed by atoms with Crippen molar-refractivity contribution in [2.75, 3.05) is 11.9 Å².